The first kappa shape index (κ1) is 19.4. The molecule has 0 saturated carbocycles. The Kier molecular flexibility index (Phi) is 5.30. The molecule has 152 valence electrons. The lowest BCUT2D eigenvalue weighted by Crippen LogP contribution is -2.31. The Balaban J connectivity index is 1.58. The van der Waals surface area contributed by atoms with E-state index in [9.17, 15) is 9.59 Å². The molecule has 0 atom stereocenters. The van der Waals surface area contributed by atoms with Gasteiger partial charge in [-0.2, -0.15) is 4.98 Å². The van der Waals surface area contributed by atoms with Crippen LogP contribution in [0.3, 0.4) is 0 Å². The number of nitrogens with zero attached hydrogens (tertiary/aromatic N) is 2. The molecule has 0 unspecified atom stereocenters. The van der Waals surface area contributed by atoms with E-state index < -0.39 is 5.63 Å². The Morgan fingerprint density at radius 3 is 2.77 bits per heavy atom. The van der Waals surface area contributed by atoms with Gasteiger partial charge >= 0.3 is 11.7 Å². The van der Waals surface area contributed by atoms with Crippen LogP contribution in [0.25, 0.3) is 33.8 Å². The van der Waals surface area contributed by atoms with Crippen molar-refractivity contribution in [1.29, 1.82) is 0 Å². The van der Waals surface area contributed by atoms with Crippen LogP contribution in [0.5, 0.6) is 0 Å². The zero-order chi connectivity index (χ0) is 21.1. The van der Waals surface area contributed by atoms with Gasteiger partial charge in [-0.05, 0) is 30.2 Å². The number of hydrogen-bond acceptors (Lipinski definition) is 6. The van der Waals surface area contributed by atoms with Crippen molar-refractivity contribution in [1.82, 2.24) is 15.5 Å². The molecule has 0 aliphatic rings. The summed E-state index contributed by atoms with van der Waals surface area (Å²) >= 11 is 0. The van der Waals surface area contributed by atoms with Crippen molar-refractivity contribution in [2.24, 2.45) is 5.92 Å². The zero-order valence-electron chi connectivity index (χ0n) is 16.5. The smallest absolute Gasteiger partial charge is 0.349 e. The number of carbonyl (C=O) groups is 1. The maximum Gasteiger partial charge on any atom is 0.349 e. The molecule has 2 aromatic heterocycles. The lowest BCUT2D eigenvalue weighted by molar-refractivity contribution is 0.251. The molecule has 8 heteroatoms. The van der Waals surface area contributed by atoms with Crippen LogP contribution in [-0.4, -0.2) is 22.7 Å². The lowest BCUT2D eigenvalue weighted by Gasteiger charge is -2.09. The fourth-order valence-corrected chi connectivity index (χ4v) is 2.87. The first-order chi connectivity index (χ1) is 14.5. The number of rotatable bonds is 5. The summed E-state index contributed by atoms with van der Waals surface area (Å²) in [6, 6.07) is 15.6. The van der Waals surface area contributed by atoms with Crippen molar-refractivity contribution in [3.05, 3.63) is 65.0 Å². The van der Waals surface area contributed by atoms with E-state index in [0.29, 0.717) is 35.1 Å². The van der Waals surface area contributed by atoms with Gasteiger partial charge < -0.3 is 19.6 Å². The van der Waals surface area contributed by atoms with E-state index in [1.54, 1.807) is 42.5 Å². The molecule has 4 aromatic rings. The fourth-order valence-electron chi connectivity index (χ4n) is 2.87. The molecular formula is C22H20N4O4. The van der Waals surface area contributed by atoms with Gasteiger partial charge in [0.25, 0.3) is 5.89 Å². The summed E-state index contributed by atoms with van der Waals surface area (Å²) in [4.78, 5) is 28.6. The highest BCUT2D eigenvalue weighted by Gasteiger charge is 2.16. The zero-order valence-corrected chi connectivity index (χ0v) is 16.5. The first-order valence-corrected chi connectivity index (χ1v) is 9.52. The summed E-state index contributed by atoms with van der Waals surface area (Å²) in [6.07, 6.45) is 0. The molecule has 0 aliphatic heterocycles. The van der Waals surface area contributed by atoms with E-state index in [-0.39, 0.29) is 17.5 Å². The SMILES string of the molecule is CC(C)CNC(=O)Nc1cccc(-c2noc(-c3cc4ccccc4oc3=O)n2)c1. The number of carbonyl (C=O) groups excluding carboxylic acids is 1. The topological polar surface area (TPSA) is 110 Å². The highest BCUT2D eigenvalue weighted by molar-refractivity contribution is 5.90. The van der Waals surface area contributed by atoms with E-state index in [0.717, 1.165) is 5.39 Å². The van der Waals surface area contributed by atoms with Crippen molar-refractivity contribution in [3.8, 4) is 22.8 Å². The Hall–Kier alpha value is -3.94. The molecular weight excluding hydrogens is 384 g/mol. The number of para-hydroxylation sites is 1. The molecule has 30 heavy (non-hydrogen) atoms. The molecule has 2 amide bonds. The number of fused-ring (bicyclic) bond motifs is 1. The van der Waals surface area contributed by atoms with Crippen molar-refractivity contribution in [2.75, 3.05) is 11.9 Å². The molecule has 8 nitrogen and oxygen atoms in total. The summed E-state index contributed by atoms with van der Waals surface area (Å²) in [5.74, 6) is 0.717. The highest BCUT2D eigenvalue weighted by atomic mass is 16.5. The second kappa shape index (κ2) is 8.20. The van der Waals surface area contributed by atoms with Crippen LogP contribution < -0.4 is 16.3 Å². The van der Waals surface area contributed by atoms with E-state index in [4.69, 9.17) is 8.94 Å². The molecule has 0 bridgehead atoms. The molecule has 0 saturated heterocycles. The minimum Gasteiger partial charge on any atom is -0.422 e. The summed E-state index contributed by atoms with van der Waals surface area (Å²) in [6.45, 7) is 4.61. The monoisotopic (exact) mass is 404 g/mol. The molecule has 0 fully saturated rings. The van der Waals surface area contributed by atoms with Crippen LogP contribution in [0.15, 0.2) is 68.3 Å². The molecule has 0 spiro atoms. The summed E-state index contributed by atoms with van der Waals surface area (Å²) < 4.78 is 10.6. The number of urea groups is 1. The average Bonchev–Trinajstić information content (AvgIpc) is 3.22. The molecule has 2 heterocycles. The van der Waals surface area contributed by atoms with Crippen LogP contribution in [0.1, 0.15) is 13.8 Å². The molecule has 0 aliphatic carbocycles. The van der Waals surface area contributed by atoms with Gasteiger partial charge in [0.2, 0.25) is 5.82 Å². The van der Waals surface area contributed by atoms with Gasteiger partial charge in [-0.1, -0.05) is 49.3 Å². The largest absolute Gasteiger partial charge is 0.422 e. The Bertz CT molecular complexity index is 1260. The Morgan fingerprint density at radius 1 is 1.10 bits per heavy atom. The van der Waals surface area contributed by atoms with Gasteiger partial charge in [0.15, 0.2) is 0 Å². The number of amides is 2. The van der Waals surface area contributed by atoms with Crippen LogP contribution in [-0.2, 0) is 0 Å². The van der Waals surface area contributed by atoms with E-state index in [2.05, 4.69) is 20.8 Å². The van der Waals surface area contributed by atoms with E-state index in [1.807, 2.05) is 26.0 Å². The number of anilines is 1. The minimum atomic E-state index is -0.554. The van der Waals surface area contributed by atoms with Crippen molar-refractivity contribution >= 4 is 22.7 Å². The first-order valence-electron chi connectivity index (χ1n) is 9.52. The predicted octanol–water partition coefficient (Wildman–Crippen LogP) is 4.29. The third-order valence-corrected chi connectivity index (χ3v) is 4.35. The highest BCUT2D eigenvalue weighted by Crippen LogP contribution is 2.24. The second-order valence-corrected chi connectivity index (χ2v) is 7.22. The lowest BCUT2D eigenvalue weighted by atomic mass is 10.2. The summed E-state index contributed by atoms with van der Waals surface area (Å²) in [5.41, 5.74) is 1.35. The standard InChI is InChI=1S/C22H20N4O4/c1-13(2)12-23-22(28)24-16-8-5-7-15(10-16)19-25-20(30-26-19)17-11-14-6-3-4-9-18(14)29-21(17)27/h3-11,13H,12H2,1-2H3,(H2,23,24,28). The number of benzene rings is 2. The summed E-state index contributed by atoms with van der Waals surface area (Å²) in [5, 5.41) is 10.3. The van der Waals surface area contributed by atoms with E-state index in [1.165, 1.54) is 0 Å². The molecule has 0 radical (unpaired) electrons. The number of aromatic nitrogens is 2. The average molecular weight is 404 g/mol. The van der Waals surface area contributed by atoms with Crippen LogP contribution in [0.4, 0.5) is 10.5 Å². The normalized spacial score (nSPS) is 11.0. The van der Waals surface area contributed by atoms with Gasteiger partial charge in [0.1, 0.15) is 11.1 Å². The van der Waals surface area contributed by atoms with Gasteiger partial charge in [0, 0.05) is 23.2 Å². The van der Waals surface area contributed by atoms with E-state index >= 15 is 0 Å². The minimum absolute atomic E-state index is 0.0672. The van der Waals surface area contributed by atoms with Crippen LogP contribution in [0, 0.1) is 5.92 Å². The van der Waals surface area contributed by atoms with Gasteiger partial charge in [-0.3, -0.25) is 0 Å². The Labute approximate surface area is 171 Å². The van der Waals surface area contributed by atoms with Gasteiger partial charge in [-0.15, -0.1) is 0 Å². The van der Waals surface area contributed by atoms with Crippen LogP contribution >= 0.6 is 0 Å². The molecule has 4 rings (SSSR count). The molecule has 2 aromatic carbocycles. The predicted molar refractivity (Wildman–Crippen MR) is 113 cm³/mol. The summed E-state index contributed by atoms with van der Waals surface area (Å²) in [7, 11) is 0. The molecule has 2 N–H and O–H groups in total. The van der Waals surface area contributed by atoms with Crippen molar-refractivity contribution in [3.63, 3.8) is 0 Å². The van der Waals surface area contributed by atoms with Gasteiger partial charge in [-0.25, -0.2) is 9.59 Å². The third-order valence-electron chi connectivity index (χ3n) is 4.35. The fraction of sp³-hybridized carbons (Fsp3) is 0.182. The van der Waals surface area contributed by atoms with Crippen molar-refractivity contribution in [2.45, 2.75) is 13.8 Å². The number of nitrogens with one attached hydrogen (secondary N) is 2. The second-order valence-electron chi connectivity index (χ2n) is 7.22. The Morgan fingerprint density at radius 2 is 1.93 bits per heavy atom. The third kappa shape index (κ3) is 4.22. The number of hydrogen-bond donors (Lipinski definition) is 2. The van der Waals surface area contributed by atoms with Crippen LogP contribution in [0.2, 0.25) is 0 Å². The maximum absolute atomic E-state index is 12.3. The quantitative estimate of drug-likeness (QED) is 0.480. The van der Waals surface area contributed by atoms with Gasteiger partial charge in [0.05, 0.1) is 0 Å². The van der Waals surface area contributed by atoms with Crippen molar-refractivity contribution < 1.29 is 13.7 Å². The maximum atomic E-state index is 12.3.